The predicted octanol–water partition coefficient (Wildman–Crippen LogP) is 4.17. The number of amides is 1. The van der Waals surface area contributed by atoms with Crippen LogP contribution in [0.4, 0.5) is 5.69 Å². The molecule has 122 valence electrons. The van der Waals surface area contributed by atoms with Gasteiger partial charge in [-0.2, -0.15) is 0 Å². The number of carbonyl (C=O) groups is 2. The lowest BCUT2D eigenvalue weighted by Gasteiger charge is -2.19. The standard InChI is InChI=1S/C17H19BrN2O2S/c1-3-20(10-13-8-9-16(18)23-13)11-17(22)19-15-7-5-4-6-14(15)12(2)21/h4-9H,3,10-11H2,1-2H3,(H,19,22). The zero-order valence-electron chi connectivity index (χ0n) is 13.1. The molecule has 0 radical (unpaired) electrons. The summed E-state index contributed by atoms with van der Waals surface area (Å²) in [6, 6.07) is 11.1. The van der Waals surface area contributed by atoms with E-state index in [4.69, 9.17) is 0 Å². The molecule has 0 atom stereocenters. The second-order valence-electron chi connectivity index (χ2n) is 5.16. The molecular weight excluding hydrogens is 376 g/mol. The summed E-state index contributed by atoms with van der Waals surface area (Å²) in [6.07, 6.45) is 0. The number of para-hydroxylation sites is 1. The summed E-state index contributed by atoms with van der Waals surface area (Å²) < 4.78 is 1.09. The zero-order chi connectivity index (χ0) is 16.8. The summed E-state index contributed by atoms with van der Waals surface area (Å²) in [5, 5.41) is 2.84. The second kappa shape index (κ2) is 8.38. The third-order valence-corrected chi connectivity index (χ3v) is 5.01. The van der Waals surface area contributed by atoms with E-state index in [-0.39, 0.29) is 18.2 Å². The highest BCUT2D eigenvalue weighted by molar-refractivity contribution is 9.11. The van der Waals surface area contributed by atoms with Crippen LogP contribution in [-0.2, 0) is 11.3 Å². The molecule has 1 amide bonds. The first kappa shape index (κ1) is 17.8. The molecule has 0 fully saturated rings. The Bertz CT molecular complexity index is 699. The maximum Gasteiger partial charge on any atom is 0.238 e. The fourth-order valence-corrected chi connectivity index (χ4v) is 3.75. The Morgan fingerprint density at radius 1 is 1.22 bits per heavy atom. The van der Waals surface area contributed by atoms with E-state index in [1.165, 1.54) is 11.8 Å². The number of likely N-dealkylation sites (N-methyl/N-ethyl adjacent to an activating group) is 1. The Morgan fingerprint density at radius 3 is 2.57 bits per heavy atom. The third kappa shape index (κ3) is 5.27. The Labute approximate surface area is 148 Å². The van der Waals surface area contributed by atoms with Crippen molar-refractivity contribution in [1.82, 2.24) is 4.90 Å². The molecule has 0 aliphatic heterocycles. The fourth-order valence-electron chi connectivity index (χ4n) is 2.23. The van der Waals surface area contributed by atoms with E-state index in [0.717, 1.165) is 16.9 Å². The smallest absolute Gasteiger partial charge is 0.238 e. The number of carbonyl (C=O) groups excluding carboxylic acids is 2. The van der Waals surface area contributed by atoms with Gasteiger partial charge in [-0.05, 0) is 53.7 Å². The van der Waals surface area contributed by atoms with Crippen LogP contribution in [0.1, 0.15) is 29.1 Å². The van der Waals surface area contributed by atoms with Crippen molar-refractivity contribution >= 4 is 44.6 Å². The van der Waals surface area contributed by atoms with Crippen LogP contribution in [0.3, 0.4) is 0 Å². The number of halogens is 1. The fraction of sp³-hybridized carbons (Fsp3) is 0.294. The number of nitrogens with zero attached hydrogens (tertiary/aromatic N) is 1. The Balaban J connectivity index is 1.99. The minimum Gasteiger partial charge on any atom is -0.324 e. The third-order valence-electron chi connectivity index (χ3n) is 3.40. The lowest BCUT2D eigenvalue weighted by molar-refractivity contribution is -0.117. The summed E-state index contributed by atoms with van der Waals surface area (Å²) >= 11 is 5.12. The highest BCUT2D eigenvalue weighted by Gasteiger charge is 2.13. The molecule has 1 aromatic heterocycles. The minimum absolute atomic E-state index is 0.0586. The molecule has 2 rings (SSSR count). The van der Waals surface area contributed by atoms with E-state index in [1.807, 2.05) is 19.1 Å². The van der Waals surface area contributed by atoms with Gasteiger partial charge in [0, 0.05) is 17.0 Å². The first-order valence-electron chi connectivity index (χ1n) is 7.36. The predicted molar refractivity (Wildman–Crippen MR) is 98.0 cm³/mol. The van der Waals surface area contributed by atoms with Gasteiger partial charge < -0.3 is 5.32 Å². The second-order valence-corrected chi connectivity index (χ2v) is 7.71. The van der Waals surface area contributed by atoms with E-state index in [1.54, 1.807) is 29.5 Å². The summed E-state index contributed by atoms with van der Waals surface area (Å²) in [5.74, 6) is -0.173. The van der Waals surface area contributed by atoms with Gasteiger partial charge in [0.25, 0.3) is 0 Å². The van der Waals surface area contributed by atoms with Crippen LogP contribution in [0, 0.1) is 0 Å². The van der Waals surface area contributed by atoms with Crippen molar-refractivity contribution in [1.29, 1.82) is 0 Å². The quantitative estimate of drug-likeness (QED) is 0.716. The van der Waals surface area contributed by atoms with Gasteiger partial charge in [-0.25, -0.2) is 0 Å². The first-order chi connectivity index (χ1) is 11.0. The molecular formula is C17H19BrN2O2S. The maximum absolute atomic E-state index is 12.3. The van der Waals surface area contributed by atoms with Crippen molar-refractivity contribution < 1.29 is 9.59 Å². The van der Waals surface area contributed by atoms with Crippen LogP contribution < -0.4 is 5.32 Å². The Kier molecular flexibility index (Phi) is 6.50. The molecule has 0 bridgehead atoms. The highest BCUT2D eigenvalue weighted by Crippen LogP contribution is 2.23. The molecule has 23 heavy (non-hydrogen) atoms. The number of hydrogen-bond donors (Lipinski definition) is 1. The summed E-state index contributed by atoms with van der Waals surface area (Å²) in [7, 11) is 0. The first-order valence-corrected chi connectivity index (χ1v) is 8.97. The summed E-state index contributed by atoms with van der Waals surface area (Å²) in [4.78, 5) is 27.2. The van der Waals surface area contributed by atoms with E-state index in [9.17, 15) is 9.59 Å². The van der Waals surface area contributed by atoms with E-state index < -0.39 is 0 Å². The van der Waals surface area contributed by atoms with Crippen molar-refractivity contribution in [3.8, 4) is 0 Å². The summed E-state index contributed by atoms with van der Waals surface area (Å²) in [5.41, 5.74) is 1.10. The van der Waals surface area contributed by atoms with E-state index >= 15 is 0 Å². The number of thiophene rings is 1. The lowest BCUT2D eigenvalue weighted by Crippen LogP contribution is -2.32. The van der Waals surface area contributed by atoms with Gasteiger partial charge >= 0.3 is 0 Å². The molecule has 1 heterocycles. The molecule has 0 saturated carbocycles. The lowest BCUT2D eigenvalue weighted by atomic mass is 10.1. The molecule has 1 aromatic carbocycles. The average Bonchev–Trinajstić information content (AvgIpc) is 2.92. The Morgan fingerprint density at radius 2 is 1.96 bits per heavy atom. The summed E-state index contributed by atoms with van der Waals surface area (Å²) in [6.45, 7) is 5.32. The topological polar surface area (TPSA) is 49.4 Å². The molecule has 1 N–H and O–H groups in total. The van der Waals surface area contributed by atoms with Gasteiger partial charge in [-0.3, -0.25) is 14.5 Å². The van der Waals surface area contributed by atoms with Gasteiger partial charge in [0.1, 0.15) is 0 Å². The van der Waals surface area contributed by atoms with Gasteiger partial charge in [0.15, 0.2) is 5.78 Å². The number of nitrogens with one attached hydrogen (secondary N) is 1. The molecule has 0 saturated heterocycles. The van der Waals surface area contributed by atoms with Crippen LogP contribution in [0.5, 0.6) is 0 Å². The van der Waals surface area contributed by atoms with E-state index in [2.05, 4.69) is 32.2 Å². The number of ketones is 1. The normalized spacial score (nSPS) is 10.8. The maximum atomic E-state index is 12.3. The van der Waals surface area contributed by atoms with Crippen molar-refractivity contribution in [2.45, 2.75) is 20.4 Å². The van der Waals surface area contributed by atoms with Crippen LogP contribution in [0.15, 0.2) is 40.2 Å². The van der Waals surface area contributed by atoms with Gasteiger partial charge in [0.05, 0.1) is 16.0 Å². The number of anilines is 1. The molecule has 4 nitrogen and oxygen atoms in total. The van der Waals surface area contributed by atoms with Crippen LogP contribution in [0.25, 0.3) is 0 Å². The minimum atomic E-state index is -0.115. The Hall–Kier alpha value is -1.50. The van der Waals surface area contributed by atoms with Gasteiger partial charge in [-0.15, -0.1) is 11.3 Å². The van der Waals surface area contributed by atoms with Gasteiger partial charge in [0.2, 0.25) is 5.91 Å². The molecule has 6 heteroatoms. The monoisotopic (exact) mass is 394 g/mol. The molecule has 0 unspecified atom stereocenters. The van der Waals surface area contributed by atoms with Crippen LogP contribution in [-0.4, -0.2) is 29.7 Å². The van der Waals surface area contributed by atoms with Crippen molar-refractivity contribution in [2.24, 2.45) is 0 Å². The molecule has 0 aliphatic carbocycles. The van der Waals surface area contributed by atoms with Crippen molar-refractivity contribution in [3.05, 3.63) is 50.6 Å². The number of Topliss-reactive ketones (excluding diaryl/α,β-unsaturated/α-hetero) is 1. The highest BCUT2D eigenvalue weighted by atomic mass is 79.9. The number of hydrogen-bond acceptors (Lipinski definition) is 4. The molecule has 2 aromatic rings. The number of rotatable bonds is 7. The van der Waals surface area contributed by atoms with Crippen molar-refractivity contribution in [3.63, 3.8) is 0 Å². The van der Waals surface area contributed by atoms with Crippen LogP contribution in [0.2, 0.25) is 0 Å². The molecule has 0 spiro atoms. The van der Waals surface area contributed by atoms with Gasteiger partial charge in [-0.1, -0.05) is 19.1 Å². The number of benzene rings is 1. The SMILES string of the molecule is CCN(CC(=O)Nc1ccccc1C(C)=O)Cc1ccc(Br)s1. The van der Waals surface area contributed by atoms with Crippen LogP contribution >= 0.6 is 27.3 Å². The molecule has 0 aliphatic rings. The van der Waals surface area contributed by atoms with Crippen molar-refractivity contribution in [2.75, 3.05) is 18.4 Å². The zero-order valence-corrected chi connectivity index (χ0v) is 15.5. The van der Waals surface area contributed by atoms with E-state index in [0.29, 0.717) is 11.3 Å². The largest absolute Gasteiger partial charge is 0.324 e. The average molecular weight is 395 g/mol.